The van der Waals surface area contributed by atoms with Crippen molar-refractivity contribution in [1.82, 2.24) is 4.98 Å². The molecule has 6 heteroatoms. The first kappa shape index (κ1) is 14.9. The van der Waals surface area contributed by atoms with E-state index in [1.165, 1.54) is 0 Å². The fraction of sp³-hybridized carbons (Fsp3) is 0. The van der Waals surface area contributed by atoms with Crippen molar-refractivity contribution in [2.24, 2.45) is 0 Å². The Morgan fingerprint density at radius 3 is 2.76 bits per heavy atom. The van der Waals surface area contributed by atoms with E-state index in [0.717, 1.165) is 30.3 Å². The van der Waals surface area contributed by atoms with Crippen molar-refractivity contribution in [2.45, 2.75) is 0 Å². The molecule has 0 aliphatic rings. The summed E-state index contributed by atoms with van der Waals surface area (Å²) < 4.78 is 2.05. The molecule has 0 radical (unpaired) electrons. The van der Waals surface area contributed by atoms with E-state index in [1.807, 2.05) is 36.4 Å². The van der Waals surface area contributed by atoms with Gasteiger partial charge in [0.2, 0.25) is 0 Å². The second-order valence-electron chi connectivity index (χ2n) is 4.50. The number of aromatic nitrogens is 1. The smallest absolute Gasteiger partial charge is 0.0746 e. The maximum atomic E-state index is 6.28. The van der Waals surface area contributed by atoms with Gasteiger partial charge in [0.15, 0.2) is 0 Å². The number of nitrogens with one attached hydrogen (secondary N) is 1. The number of rotatable bonds is 2. The van der Waals surface area contributed by atoms with Gasteiger partial charge in [-0.3, -0.25) is 4.98 Å². The van der Waals surface area contributed by atoms with Crippen LogP contribution in [0.25, 0.3) is 10.9 Å². The molecule has 3 aromatic rings. The second kappa shape index (κ2) is 5.98. The number of hydrogen-bond acceptors (Lipinski definition) is 3. The molecule has 0 saturated carbocycles. The van der Waals surface area contributed by atoms with Crippen molar-refractivity contribution in [3.8, 4) is 0 Å². The van der Waals surface area contributed by atoms with Crippen molar-refractivity contribution in [1.29, 1.82) is 0 Å². The average Bonchev–Trinajstić information content (AvgIpc) is 2.44. The Morgan fingerprint density at radius 2 is 2.00 bits per heavy atom. The number of hydrogen-bond donors (Lipinski definition) is 2. The van der Waals surface area contributed by atoms with Gasteiger partial charge >= 0.3 is 0 Å². The first-order valence-electron chi connectivity index (χ1n) is 6.10. The number of nitrogens with two attached hydrogens (primary N) is 1. The highest BCUT2D eigenvalue weighted by atomic mass is 127. The van der Waals surface area contributed by atoms with Crippen LogP contribution in [0.15, 0.2) is 47.1 Å². The summed E-state index contributed by atoms with van der Waals surface area (Å²) in [7, 11) is 0. The molecule has 106 valence electrons. The van der Waals surface area contributed by atoms with Gasteiger partial charge in [-0.05, 0) is 59.0 Å². The molecule has 1 aromatic heterocycles. The quantitative estimate of drug-likeness (QED) is 0.477. The Balaban J connectivity index is 2.15. The third kappa shape index (κ3) is 3.09. The van der Waals surface area contributed by atoms with Gasteiger partial charge in [-0.1, -0.05) is 27.5 Å². The Morgan fingerprint density at radius 1 is 1.19 bits per heavy atom. The standard InChI is InChI=1S/C15H10BrClIN3/c16-8-1-3-13-10(5-8)15(12(19)7-20-13)21-14-4-2-9(18)6-11(14)17/h1-7H,19H2,(H,20,21). The third-order valence-electron chi connectivity index (χ3n) is 3.05. The molecular formula is C15H10BrClIN3. The molecule has 3 nitrogen and oxygen atoms in total. The minimum atomic E-state index is 0.579. The number of nitrogens with zero attached hydrogens (tertiary/aromatic N) is 1. The number of nitrogen functional groups attached to an aromatic ring is 1. The highest BCUT2D eigenvalue weighted by Gasteiger charge is 2.09. The van der Waals surface area contributed by atoms with Crippen molar-refractivity contribution < 1.29 is 0 Å². The summed E-state index contributed by atoms with van der Waals surface area (Å²) in [6.07, 6.45) is 1.65. The van der Waals surface area contributed by atoms with E-state index in [-0.39, 0.29) is 0 Å². The second-order valence-corrected chi connectivity index (χ2v) is 7.07. The Bertz CT molecular complexity index is 833. The summed E-state index contributed by atoms with van der Waals surface area (Å²) in [5.41, 5.74) is 9.16. The Kier molecular flexibility index (Phi) is 4.24. The summed E-state index contributed by atoms with van der Waals surface area (Å²) in [6, 6.07) is 11.7. The van der Waals surface area contributed by atoms with Crippen molar-refractivity contribution in [3.63, 3.8) is 0 Å². The minimum absolute atomic E-state index is 0.579. The van der Waals surface area contributed by atoms with Gasteiger partial charge < -0.3 is 11.1 Å². The van der Waals surface area contributed by atoms with Crippen molar-refractivity contribution in [3.05, 3.63) is 55.7 Å². The van der Waals surface area contributed by atoms with E-state index < -0.39 is 0 Å². The number of fused-ring (bicyclic) bond motifs is 1. The van der Waals surface area contributed by atoms with Gasteiger partial charge in [0, 0.05) is 13.4 Å². The average molecular weight is 475 g/mol. The molecule has 0 bridgehead atoms. The van der Waals surface area contributed by atoms with Crippen LogP contribution >= 0.6 is 50.1 Å². The summed E-state index contributed by atoms with van der Waals surface area (Å²) in [6.45, 7) is 0. The highest BCUT2D eigenvalue weighted by molar-refractivity contribution is 14.1. The first-order valence-corrected chi connectivity index (χ1v) is 8.35. The van der Waals surface area contributed by atoms with E-state index in [2.05, 4.69) is 48.8 Å². The molecule has 0 fully saturated rings. The molecule has 3 N–H and O–H groups in total. The minimum Gasteiger partial charge on any atom is -0.396 e. The first-order chi connectivity index (χ1) is 10.0. The maximum absolute atomic E-state index is 6.28. The summed E-state index contributed by atoms with van der Waals surface area (Å²) >= 11 is 12.0. The van der Waals surface area contributed by atoms with Gasteiger partial charge in [0.1, 0.15) is 0 Å². The lowest BCUT2D eigenvalue weighted by Gasteiger charge is -2.14. The molecule has 1 heterocycles. The fourth-order valence-corrected chi connectivity index (χ4v) is 3.31. The zero-order chi connectivity index (χ0) is 15.0. The molecule has 0 spiro atoms. The predicted molar refractivity (Wildman–Crippen MR) is 101 cm³/mol. The van der Waals surface area contributed by atoms with Crippen LogP contribution in [0.5, 0.6) is 0 Å². The van der Waals surface area contributed by atoms with Crippen LogP contribution in [-0.4, -0.2) is 4.98 Å². The molecule has 0 aliphatic carbocycles. The zero-order valence-electron chi connectivity index (χ0n) is 10.7. The SMILES string of the molecule is Nc1cnc2ccc(Br)cc2c1Nc1ccc(I)cc1Cl. The van der Waals surface area contributed by atoms with Gasteiger partial charge in [-0.15, -0.1) is 0 Å². The van der Waals surface area contributed by atoms with Gasteiger partial charge in [0.05, 0.1) is 33.8 Å². The molecule has 0 saturated heterocycles. The lowest BCUT2D eigenvalue weighted by atomic mass is 10.1. The van der Waals surface area contributed by atoms with E-state index >= 15 is 0 Å². The van der Waals surface area contributed by atoms with Crippen LogP contribution in [0.2, 0.25) is 5.02 Å². The van der Waals surface area contributed by atoms with Crippen LogP contribution in [0.4, 0.5) is 17.1 Å². The molecule has 2 aromatic carbocycles. The predicted octanol–water partition coefficient (Wildman–Crippen LogP) is 5.58. The summed E-state index contributed by atoms with van der Waals surface area (Å²) in [5.74, 6) is 0. The highest BCUT2D eigenvalue weighted by Crippen LogP contribution is 2.35. The van der Waals surface area contributed by atoms with Gasteiger partial charge in [-0.25, -0.2) is 0 Å². The number of anilines is 3. The summed E-state index contributed by atoms with van der Waals surface area (Å²) in [5, 5.41) is 4.91. The van der Waals surface area contributed by atoms with Crippen molar-refractivity contribution in [2.75, 3.05) is 11.1 Å². The molecule has 0 aliphatic heterocycles. The molecular weight excluding hydrogens is 464 g/mol. The van der Waals surface area contributed by atoms with Crippen LogP contribution in [0, 0.1) is 3.57 Å². The lowest BCUT2D eigenvalue weighted by molar-refractivity contribution is 1.40. The summed E-state index contributed by atoms with van der Waals surface area (Å²) in [4.78, 5) is 4.34. The monoisotopic (exact) mass is 473 g/mol. The molecule has 0 amide bonds. The Hall–Kier alpha value is -1.05. The zero-order valence-corrected chi connectivity index (χ0v) is 15.2. The topological polar surface area (TPSA) is 50.9 Å². The van der Waals surface area contributed by atoms with E-state index in [4.69, 9.17) is 17.3 Å². The number of pyridine rings is 1. The van der Waals surface area contributed by atoms with Crippen LogP contribution in [-0.2, 0) is 0 Å². The largest absolute Gasteiger partial charge is 0.396 e. The lowest BCUT2D eigenvalue weighted by Crippen LogP contribution is -1.99. The van der Waals surface area contributed by atoms with Crippen molar-refractivity contribution >= 4 is 78.1 Å². The van der Waals surface area contributed by atoms with E-state index in [1.54, 1.807) is 6.20 Å². The normalized spacial score (nSPS) is 10.8. The Labute approximate surface area is 149 Å². The molecule has 0 unspecified atom stereocenters. The van der Waals surface area contributed by atoms with Crippen LogP contribution in [0.3, 0.4) is 0 Å². The van der Waals surface area contributed by atoms with E-state index in [9.17, 15) is 0 Å². The number of benzene rings is 2. The molecule has 21 heavy (non-hydrogen) atoms. The third-order valence-corrected chi connectivity index (χ3v) is 4.53. The molecule has 0 atom stereocenters. The van der Waals surface area contributed by atoms with Crippen LogP contribution < -0.4 is 11.1 Å². The maximum Gasteiger partial charge on any atom is 0.0746 e. The van der Waals surface area contributed by atoms with Crippen LogP contribution in [0.1, 0.15) is 0 Å². The fourth-order valence-electron chi connectivity index (χ4n) is 2.05. The number of halogens is 3. The van der Waals surface area contributed by atoms with Gasteiger partial charge in [-0.2, -0.15) is 0 Å². The molecule has 3 rings (SSSR count). The van der Waals surface area contributed by atoms with Gasteiger partial charge in [0.25, 0.3) is 0 Å². The van der Waals surface area contributed by atoms with E-state index in [0.29, 0.717) is 10.7 Å².